The zero-order valence-corrected chi connectivity index (χ0v) is 17.2. The van der Waals surface area contributed by atoms with Gasteiger partial charge in [-0.3, -0.25) is 0 Å². The highest BCUT2D eigenvalue weighted by molar-refractivity contribution is 5.80. The molecule has 1 aromatic heterocycles. The van der Waals surface area contributed by atoms with Gasteiger partial charge in [-0.05, 0) is 44.6 Å². The summed E-state index contributed by atoms with van der Waals surface area (Å²) in [6, 6.07) is 3.88. The standard InChI is InChI=1S/C21H34N4O3/c1-3-22-21(24-15-17-7-8-20(26-2)23-14-17)25-11-9-18(10-12-25)28-16-19-6-4-5-13-27-19/h7-8,14,18-19H,3-6,9-13,15-16H2,1-2H3,(H,22,24). The number of methoxy groups -OCH3 is 1. The Morgan fingerprint density at radius 1 is 1.29 bits per heavy atom. The molecular formula is C21H34N4O3. The SMILES string of the molecule is CCNC(=NCc1ccc(OC)nc1)N1CCC(OCC2CCCCO2)CC1. The number of guanidine groups is 1. The van der Waals surface area contributed by atoms with Gasteiger partial charge in [0.1, 0.15) is 0 Å². The zero-order valence-electron chi connectivity index (χ0n) is 17.2. The lowest BCUT2D eigenvalue weighted by atomic mass is 10.1. The van der Waals surface area contributed by atoms with Crippen LogP contribution in [0.3, 0.4) is 0 Å². The molecule has 1 N–H and O–H groups in total. The van der Waals surface area contributed by atoms with Crippen molar-refractivity contribution in [3.63, 3.8) is 0 Å². The van der Waals surface area contributed by atoms with Gasteiger partial charge in [0.25, 0.3) is 0 Å². The van der Waals surface area contributed by atoms with E-state index in [-0.39, 0.29) is 0 Å². The molecule has 156 valence electrons. The summed E-state index contributed by atoms with van der Waals surface area (Å²) in [6.45, 7) is 7.11. The average Bonchev–Trinajstić information content (AvgIpc) is 2.77. The van der Waals surface area contributed by atoms with Crippen LogP contribution >= 0.6 is 0 Å². The topological polar surface area (TPSA) is 68.2 Å². The minimum atomic E-state index is 0.295. The molecule has 2 saturated heterocycles. The molecular weight excluding hydrogens is 356 g/mol. The van der Waals surface area contributed by atoms with Crippen molar-refractivity contribution in [2.45, 2.75) is 57.8 Å². The van der Waals surface area contributed by atoms with Gasteiger partial charge < -0.3 is 24.4 Å². The second-order valence-corrected chi connectivity index (χ2v) is 7.39. The van der Waals surface area contributed by atoms with E-state index in [1.807, 2.05) is 18.3 Å². The normalized spacial score (nSPS) is 21.6. The molecule has 1 unspecified atom stereocenters. The fourth-order valence-electron chi connectivity index (χ4n) is 3.63. The van der Waals surface area contributed by atoms with Crippen LogP contribution in [0.25, 0.3) is 0 Å². The van der Waals surface area contributed by atoms with Crippen molar-refractivity contribution in [3.8, 4) is 5.88 Å². The molecule has 3 rings (SSSR count). The fraction of sp³-hybridized carbons (Fsp3) is 0.714. The van der Waals surface area contributed by atoms with E-state index in [9.17, 15) is 0 Å². The van der Waals surface area contributed by atoms with Gasteiger partial charge in [-0.25, -0.2) is 9.98 Å². The summed E-state index contributed by atoms with van der Waals surface area (Å²) in [5.41, 5.74) is 1.07. The molecule has 0 amide bonds. The van der Waals surface area contributed by atoms with Crippen LogP contribution in [-0.4, -0.2) is 68.0 Å². The molecule has 0 aliphatic carbocycles. The van der Waals surface area contributed by atoms with E-state index in [1.165, 1.54) is 12.8 Å². The number of hydrogen-bond acceptors (Lipinski definition) is 5. The van der Waals surface area contributed by atoms with Crippen LogP contribution in [0.5, 0.6) is 5.88 Å². The van der Waals surface area contributed by atoms with Crippen molar-refractivity contribution in [1.29, 1.82) is 0 Å². The molecule has 0 spiro atoms. The number of likely N-dealkylation sites (tertiary alicyclic amines) is 1. The van der Waals surface area contributed by atoms with Crippen LogP contribution < -0.4 is 10.1 Å². The first-order chi connectivity index (χ1) is 13.8. The summed E-state index contributed by atoms with van der Waals surface area (Å²) in [7, 11) is 1.62. The van der Waals surface area contributed by atoms with Crippen molar-refractivity contribution < 1.29 is 14.2 Å². The summed E-state index contributed by atoms with van der Waals surface area (Å²) in [5, 5.41) is 3.41. The van der Waals surface area contributed by atoms with Gasteiger partial charge in [0.05, 0.1) is 32.5 Å². The number of nitrogens with zero attached hydrogens (tertiary/aromatic N) is 3. The molecule has 0 aromatic carbocycles. The van der Waals surface area contributed by atoms with Crippen LogP contribution in [0.4, 0.5) is 0 Å². The maximum Gasteiger partial charge on any atom is 0.212 e. The van der Waals surface area contributed by atoms with Crippen LogP contribution in [-0.2, 0) is 16.0 Å². The highest BCUT2D eigenvalue weighted by Gasteiger charge is 2.23. The lowest BCUT2D eigenvalue weighted by Crippen LogP contribution is -2.47. The maximum absolute atomic E-state index is 6.13. The Kier molecular flexibility index (Phi) is 8.36. The van der Waals surface area contributed by atoms with Crippen LogP contribution in [0.15, 0.2) is 23.3 Å². The van der Waals surface area contributed by atoms with Gasteiger partial charge in [-0.1, -0.05) is 6.07 Å². The van der Waals surface area contributed by atoms with E-state index in [1.54, 1.807) is 7.11 Å². The Balaban J connectivity index is 1.46. The smallest absolute Gasteiger partial charge is 0.212 e. The first-order valence-electron chi connectivity index (χ1n) is 10.5. The number of hydrogen-bond donors (Lipinski definition) is 1. The Morgan fingerprint density at radius 3 is 2.79 bits per heavy atom. The summed E-state index contributed by atoms with van der Waals surface area (Å²) in [5.74, 6) is 1.59. The molecule has 0 radical (unpaired) electrons. The monoisotopic (exact) mass is 390 g/mol. The zero-order chi connectivity index (χ0) is 19.6. The van der Waals surface area contributed by atoms with E-state index in [4.69, 9.17) is 19.2 Å². The Morgan fingerprint density at radius 2 is 2.14 bits per heavy atom. The quantitative estimate of drug-likeness (QED) is 0.570. The first-order valence-corrected chi connectivity index (χ1v) is 10.5. The van der Waals surface area contributed by atoms with Crippen molar-refractivity contribution in [2.75, 3.05) is 40.0 Å². The fourth-order valence-corrected chi connectivity index (χ4v) is 3.63. The van der Waals surface area contributed by atoms with E-state index < -0.39 is 0 Å². The minimum absolute atomic E-state index is 0.295. The van der Waals surface area contributed by atoms with Gasteiger partial charge in [-0.15, -0.1) is 0 Å². The van der Waals surface area contributed by atoms with E-state index in [2.05, 4.69) is 22.1 Å². The number of aromatic nitrogens is 1. The molecule has 1 atom stereocenters. The second-order valence-electron chi connectivity index (χ2n) is 7.39. The van der Waals surface area contributed by atoms with E-state index in [0.717, 1.165) is 63.6 Å². The van der Waals surface area contributed by atoms with Crippen LogP contribution in [0.2, 0.25) is 0 Å². The molecule has 1 aromatic rings. The van der Waals surface area contributed by atoms with Gasteiger partial charge in [0.15, 0.2) is 5.96 Å². The number of piperidine rings is 1. The highest BCUT2D eigenvalue weighted by atomic mass is 16.5. The van der Waals surface area contributed by atoms with Gasteiger partial charge in [-0.2, -0.15) is 0 Å². The summed E-state index contributed by atoms with van der Waals surface area (Å²) in [4.78, 5) is 11.4. The number of aliphatic imine (C=N–C) groups is 1. The molecule has 2 aliphatic rings. The molecule has 7 heteroatoms. The summed E-state index contributed by atoms with van der Waals surface area (Å²) >= 11 is 0. The Labute approximate surface area is 168 Å². The van der Waals surface area contributed by atoms with Crippen molar-refractivity contribution in [1.82, 2.24) is 15.2 Å². The largest absolute Gasteiger partial charge is 0.481 e. The molecule has 2 fully saturated rings. The average molecular weight is 391 g/mol. The Hall–Kier alpha value is -1.86. The van der Waals surface area contributed by atoms with Gasteiger partial charge in [0, 0.05) is 38.5 Å². The van der Waals surface area contributed by atoms with E-state index >= 15 is 0 Å². The molecule has 0 bridgehead atoms. The summed E-state index contributed by atoms with van der Waals surface area (Å²) in [6.07, 6.45) is 8.09. The number of ether oxygens (including phenoxy) is 3. The number of pyridine rings is 1. The van der Waals surface area contributed by atoms with Gasteiger partial charge in [0.2, 0.25) is 5.88 Å². The summed E-state index contributed by atoms with van der Waals surface area (Å²) < 4.78 is 17.0. The molecule has 7 nitrogen and oxygen atoms in total. The minimum Gasteiger partial charge on any atom is -0.481 e. The third kappa shape index (κ3) is 6.34. The number of nitrogens with one attached hydrogen (secondary N) is 1. The molecule has 0 saturated carbocycles. The van der Waals surface area contributed by atoms with Gasteiger partial charge >= 0.3 is 0 Å². The van der Waals surface area contributed by atoms with Crippen molar-refractivity contribution in [3.05, 3.63) is 23.9 Å². The van der Waals surface area contributed by atoms with Crippen molar-refractivity contribution in [2.24, 2.45) is 4.99 Å². The third-order valence-electron chi connectivity index (χ3n) is 5.29. The second kappa shape index (κ2) is 11.2. The van der Waals surface area contributed by atoms with E-state index in [0.29, 0.717) is 24.6 Å². The first kappa shape index (κ1) is 20.9. The lowest BCUT2D eigenvalue weighted by Gasteiger charge is -2.35. The predicted molar refractivity (Wildman–Crippen MR) is 110 cm³/mol. The lowest BCUT2D eigenvalue weighted by molar-refractivity contribution is -0.0721. The number of rotatable bonds is 7. The van der Waals surface area contributed by atoms with Crippen LogP contribution in [0.1, 0.15) is 44.6 Å². The molecule has 2 aliphatic heterocycles. The van der Waals surface area contributed by atoms with Crippen LogP contribution in [0, 0.1) is 0 Å². The highest BCUT2D eigenvalue weighted by Crippen LogP contribution is 2.18. The Bertz CT molecular complexity index is 594. The predicted octanol–water partition coefficient (Wildman–Crippen LogP) is 2.61. The van der Waals surface area contributed by atoms with Crippen molar-refractivity contribution >= 4 is 5.96 Å². The maximum atomic E-state index is 6.13. The third-order valence-corrected chi connectivity index (χ3v) is 5.29. The molecule has 3 heterocycles. The molecule has 28 heavy (non-hydrogen) atoms.